The third-order valence-corrected chi connectivity index (χ3v) is 4.19. The summed E-state index contributed by atoms with van der Waals surface area (Å²) in [5.74, 6) is -1.06. The summed E-state index contributed by atoms with van der Waals surface area (Å²) in [5.41, 5.74) is 2.55. The van der Waals surface area contributed by atoms with E-state index < -0.39 is 5.97 Å². The average Bonchev–Trinajstić information content (AvgIpc) is 3.08. The third kappa shape index (κ3) is 4.80. The Balaban J connectivity index is 1.49. The van der Waals surface area contributed by atoms with E-state index in [1.165, 1.54) is 6.07 Å². The molecule has 7 heteroatoms. The van der Waals surface area contributed by atoms with E-state index in [9.17, 15) is 9.59 Å². The Morgan fingerprint density at radius 3 is 2.56 bits per heavy atom. The molecule has 0 aliphatic heterocycles. The highest BCUT2D eigenvalue weighted by Crippen LogP contribution is 2.23. The molecule has 27 heavy (non-hydrogen) atoms. The van der Waals surface area contributed by atoms with Crippen LogP contribution in [0.4, 0.5) is 5.69 Å². The number of hydrogen-bond donors (Lipinski definition) is 1. The minimum absolute atomic E-state index is 0.0272. The van der Waals surface area contributed by atoms with Crippen molar-refractivity contribution in [3.63, 3.8) is 0 Å². The Morgan fingerprint density at radius 2 is 1.85 bits per heavy atom. The molecule has 0 spiro atoms. The van der Waals surface area contributed by atoms with Crippen LogP contribution in [-0.4, -0.2) is 32.6 Å². The molecule has 0 radical (unpaired) electrons. The summed E-state index contributed by atoms with van der Waals surface area (Å²) >= 11 is 5.91. The highest BCUT2D eigenvalue weighted by molar-refractivity contribution is 6.31. The Labute approximate surface area is 161 Å². The van der Waals surface area contributed by atoms with E-state index in [4.69, 9.17) is 20.8 Å². The normalized spacial score (nSPS) is 10.6. The minimum atomic E-state index is -0.701. The summed E-state index contributed by atoms with van der Waals surface area (Å²) in [7, 11) is 3.92. The predicted octanol–water partition coefficient (Wildman–Crippen LogP) is 3.63. The summed E-state index contributed by atoms with van der Waals surface area (Å²) in [6.07, 6.45) is 0. The van der Waals surface area contributed by atoms with Crippen LogP contribution in [0.2, 0.25) is 5.02 Å². The summed E-state index contributed by atoms with van der Waals surface area (Å²) in [6.45, 7) is -0.0281. The topological polar surface area (TPSA) is 71.8 Å². The van der Waals surface area contributed by atoms with Gasteiger partial charge in [0.15, 0.2) is 6.61 Å². The maximum atomic E-state index is 12.0. The minimum Gasteiger partial charge on any atom is -0.450 e. The van der Waals surface area contributed by atoms with E-state index in [0.29, 0.717) is 22.5 Å². The Hall–Kier alpha value is -2.99. The highest BCUT2D eigenvalue weighted by Gasteiger charge is 2.15. The average molecular weight is 387 g/mol. The molecule has 3 rings (SSSR count). The van der Waals surface area contributed by atoms with Gasteiger partial charge in [-0.15, -0.1) is 0 Å². The van der Waals surface area contributed by atoms with Crippen molar-refractivity contribution in [1.82, 2.24) is 5.32 Å². The van der Waals surface area contributed by atoms with Gasteiger partial charge in [-0.05, 0) is 42.0 Å². The highest BCUT2D eigenvalue weighted by atomic mass is 35.5. The second kappa shape index (κ2) is 8.14. The van der Waals surface area contributed by atoms with E-state index in [-0.39, 0.29) is 18.3 Å². The zero-order chi connectivity index (χ0) is 19.4. The molecule has 0 aliphatic carbocycles. The molecule has 1 aromatic heterocycles. The van der Waals surface area contributed by atoms with E-state index in [1.54, 1.807) is 18.2 Å². The molecule has 2 aromatic carbocycles. The molecule has 0 unspecified atom stereocenters. The number of amides is 1. The molecule has 3 aromatic rings. The number of nitrogens with zero attached hydrogens (tertiary/aromatic N) is 1. The lowest BCUT2D eigenvalue weighted by Gasteiger charge is -2.12. The fourth-order valence-corrected chi connectivity index (χ4v) is 2.66. The number of hydrogen-bond acceptors (Lipinski definition) is 5. The van der Waals surface area contributed by atoms with Crippen LogP contribution >= 0.6 is 11.6 Å². The molecule has 0 bridgehead atoms. The number of ether oxygens (including phenoxy) is 1. The molecular formula is C20H19ClN2O4. The maximum absolute atomic E-state index is 12.0. The van der Waals surface area contributed by atoms with Gasteiger partial charge in [0.05, 0.1) is 0 Å². The monoisotopic (exact) mass is 386 g/mol. The summed E-state index contributed by atoms with van der Waals surface area (Å²) in [4.78, 5) is 25.9. The van der Waals surface area contributed by atoms with Crippen molar-refractivity contribution in [2.24, 2.45) is 0 Å². The molecule has 0 saturated heterocycles. The first-order chi connectivity index (χ1) is 12.9. The van der Waals surface area contributed by atoms with Crippen LogP contribution in [0, 0.1) is 0 Å². The van der Waals surface area contributed by atoms with Gasteiger partial charge in [0.2, 0.25) is 5.76 Å². The number of rotatable bonds is 6. The lowest BCUT2D eigenvalue weighted by Crippen LogP contribution is -2.28. The molecule has 1 N–H and O–H groups in total. The summed E-state index contributed by atoms with van der Waals surface area (Å²) in [6, 6.07) is 14.4. The molecule has 1 heterocycles. The second-order valence-corrected chi connectivity index (χ2v) is 6.64. The van der Waals surface area contributed by atoms with E-state index in [0.717, 1.165) is 11.3 Å². The number of fused-ring (bicyclic) bond motifs is 1. The second-order valence-electron chi connectivity index (χ2n) is 6.21. The molecule has 0 aliphatic rings. The number of furan rings is 1. The standard InChI is InChI=1S/C20H19ClN2O4/c1-23(2)16-6-3-13(4-7-16)11-22-19(24)12-26-20(25)18-10-14-9-15(21)5-8-17(14)27-18/h3-10H,11-12H2,1-2H3,(H,22,24). The van der Waals surface area contributed by atoms with Gasteiger partial charge < -0.3 is 19.4 Å². The number of carbonyl (C=O) groups is 2. The van der Waals surface area contributed by atoms with Gasteiger partial charge in [0, 0.05) is 36.7 Å². The van der Waals surface area contributed by atoms with Gasteiger partial charge in [-0.25, -0.2) is 4.79 Å². The van der Waals surface area contributed by atoms with Gasteiger partial charge >= 0.3 is 5.97 Å². The van der Waals surface area contributed by atoms with Crippen molar-refractivity contribution in [2.75, 3.05) is 25.6 Å². The number of benzene rings is 2. The molecular weight excluding hydrogens is 368 g/mol. The number of halogens is 1. The van der Waals surface area contributed by atoms with E-state index in [2.05, 4.69) is 5.32 Å². The quantitative estimate of drug-likeness (QED) is 0.655. The van der Waals surface area contributed by atoms with Crippen molar-refractivity contribution < 1.29 is 18.7 Å². The van der Waals surface area contributed by atoms with Crippen molar-refractivity contribution in [1.29, 1.82) is 0 Å². The van der Waals surface area contributed by atoms with Gasteiger partial charge in [-0.3, -0.25) is 4.79 Å². The number of carbonyl (C=O) groups excluding carboxylic acids is 2. The zero-order valence-electron chi connectivity index (χ0n) is 15.0. The van der Waals surface area contributed by atoms with E-state index >= 15 is 0 Å². The number of esters is 1. The Bertz CT molecular complexity index is 964. The van der Waals surface area contributed by atoms with Gasteiger partial charge in [0.1, 0.15) is 5.58 Å². The first-order valence-electron chi connectivity index (χ1n) is 8.31. The van der Waals surface area contributed by atoms with E-state index in [1.807, 2.05) is 43.3 Å². The lowest BCUT2D eigenvalue weighted by molar-refractivity contribution is -0.124. The van der Waals surface area contributed by atoms with Gasteiger partial charge in [-0.2, -0.15) is 0 Å². The smallest absolute Gasteiger partial charge is 0.374 e. The molecule has 0 atom stereocenters. The predicted molar refractivity (Wildman–Crippen MR) is 104 cm³/mol. The molecule has 0 saturated carbocycles. The number of anilines is 1. The van der Waals surface area contributed by atoms with Crippen LogP contribution in [-0.2, 0) is 16.1 Å². The van der Waals surface area contributed by atoms with Gasteiger partial charge in [-0.1, -0.05) is 23.7 Å². The molecule has 140 valence electrons. The Kier molecular flexibility index (Phi) is 5.66. The molecule has 0 fully saturated rings. The fraction of sp³-hybridized carbons (Fsp3) is 0.200. The SMILES string of the molecule is CN(C)c1ccc(CNC(=O)COC(=O)c2cc3cc(Cl)ccc3o2)cc1. The molecule has 6 nitrogen and oxygen atoms in total. The van der Waals surface area contributed by atoms with Crippen molar-refractivity contribution in [3.05, 3.63) is 64.9 Å². The van der Waals surface area contributed by atoms with Gasteiger partial charge in [0.25, 0.3) is 5.91 Å². The van der Waals surface area contributed by atoms with Crippen molar-refractivity contribution in [3.8, 4) is 0 Å². The van der Waals surface area contributed by atoms with Crippen LogP contribution in [0.25, 0.3) is 11.0 Å². The van der Waals surface area contributed by atoms with Crippen LogP contribution in [0.1, 0.15) is 16.1 Å². The third-order valence-electron chi connectivity index (χ3n) is 3.96. The maximum Gasteiger partial charge on any atom is 0.374 e. The van der Waals surface area contributed by atoms with Crippen LogP contribution < -0.4 is 10.2 Å². The van der Waals surface area contributed by atoms with Crippen molar-refractivity contribution in [2.45, 2.75) is 6.54 Å². The lowest BCUT2D eigenvalue weighted by atomic mass is 10.2. The van der Waals surface area contributed by atoms with Crippen LogP contribution in [0.3, 0.4) is 0 Å². The van der Waals surface area contributed by atoms with Crippen LogP contribution in [0.5, 0.6) is 0 Å². The molecule has 1 amide bonds. The Morgan fingerprint density at radius 1 is 1.11 bits per heavy atom. The number of nitrogens with one attached hydrogen (secondary N) is 1. The van der Waals surface area contributed by atoms with Crippen molar-refractivity contribution >= 4 is 40.1 Å². The first-order valence-corrected chi connectivity index (χ1v) is 8.69. The van der Waals surface area contributed by atoms with Crippen LogP contribution in [0.15, 0.2) is 52.9 Å². The fourth-order valence-electron chi connectivity index (χ4n) is 2.48. The first kappa shape index (κ1) is 18.8. The summed E-state index contributed by atoms with van der Waals surface area (Å²) in [5, 5.41) is 3.95. The summed E-state index contributed by atoms with van der Waals surface area (Å²) < 4.78 is 10.4. The zero-order valence-corrected chi connectivity index (χ0v) is 15.7. The largest absolute Gasteiger partial charge is 0.450 e.